The number of nitrogens with zero attached hydrogens (tertiary/aromatic N) is 2. The maximum atomic E-state index is 12.6. The Kier molecular flexibility index (Phi) is 5.83. The summed E-state index contributed by atoms with van der Waals surface area (Å²) in [5.74, 6) is 0.149. The van der Waals surface area contributed by atoms with Gasteiger partial charge in [0.15, 0.2) is 0 Å². The van der Waals surface area contributed by atoms with Crippen LogP contribution in [0, 0.1) is 0 Å². The van der Waals surface area contributed by atoms with Crippen LogP contribution in [0.5, 0.6) is 0 Å². The zero-order chi connectivity index (χ0) is 17.1. The minimum absolute atomic E-state index is 0.0466. The van der Waals surface area contributed by atoms with Crippen molar-refractivity contribution in [1.29, 1.82) is 0 Å². The molecule has 1 saturated heterocycles. The number of piperidine rings is 1. The minimum atomic E-state index is -3.47. The topological polar surface area (TPSA) is 74.8 Å². The highest BCUT2D eigenvalue weighted by atomic mass is 32.2. The summed E-state index contributed by atoms with van der Waals surface area (Å²) in [6.07, 6.45) is 2.67. The summed E-state index contributed by atoms with van der Waals surface area (Å²) in [7, 11) is -4.81. The molecule has 2 rings (SSSR count). The van der Waals surface area contributed by atoms with Crippen molar-refractivity contribution in [2.24, 2.45) is 0 Å². The molecule has 0 aliphatic carbocycles. The lowest BCUT2D eigenvalue weighted by atomic mass is 10.1. The number of likely N-dealkylation sites (tertiary alicyclic amines) is 1. The first-order valence-electron chi connectivity index (χ1n) is 7.63. The fourth-order valence-electron chi connectivity index (χ4n) is 2.76. The lowest BCUT2D eigenvalue weighted by Gasteiger charge is -2.36. The Bertz CT molecular complexity index is 709. The van der Waals surface area contributed by atoms with E-state index in [1.807, 2.05) is 0 Å². The largest absolute Gasteiger partial charge is 0.302 e. The Morgan fingerprint density at radius 2 is 1.65 bits per heavy atom. The van der Waals surface area contributed by atoms with Gasteiger partial charge in [-0.1, -0.05) is 18.2 Å². The molecule has 0 aromatic heterocycles. The normalized spacial score (nSPS) is 18.4. The van der Waals surface area contributed by atoms with Crippen molar-refractivity contribution in [2.75, 3.05) is 38.7 Å². The molecule has 0 unspecified atom stereocenters. The van der Waals surface area contributed by atoms with E-state index in [9.17, 15) is 16.8 Å². The number of rotatable bonds is 6. The average molecular weight is 361 g/mol. The Hall–Kier alpha value is -0.960. The van der Waals surface area contributed by atoms with Gasteiger partial charge in [-0.05, 0) is 38.1 Å². The maximum Gasteiger partial charge on any atom is 0.243 e. The summed E-state index contributed by atoms with van der Waals surface area (Å²) >= 11 is 0. The van der Waals surface area contributed by atoms with Gasteiger partial charge in [0.05, 0.1) is 10.6 Å². The monoisotopic (exact) mass is 360 g/mol. The third-order valence-electron chi connectivity index (χ3n) is 4.27. The highest BCUT2D eigenvalue weighted by molar-refractivity contribution is 7.90. The summed E-state index contributed by atoms with van der Waals surface area (Å²) < 4.78 is 49.1. The van der Waals surface area contributed by atoms with E-state index in [0.29, 0.717) is 24.3 Å². The van der Waals surface area contributed by atoms with Crippen molar-refractivity contribution in [3.05, 3.63) is 30.3 Å². The van der Waals surface area contributed by atoms with E-state index in [1.54, 1.807) is 37.4 Å². The van der Waals surface area contributed by atoms with E-state index < -0.39 is 19.9 Å². The lowest BCUT2D eigenvalue weighted by molar-refractivity contribution is 0.177. The number of sulfonamides is 1. The molecule has 0 radical (unpaired) electrons. The molecule has 23 heavy (non-hydrogen) atoms. The first-order valence-corrected chi connectivity index (χ1v) is 11.1. The molecule has 8 heteroatoms. The molecule has 0 atom stereocenters. The Labute approximate surface area is 139 Å². The van der Waals surface area contributed by atoms with Crippen molar-refractivity contribution in [3.8, 4) is 0 Å². The molecule has 0 saturated carbocycles. The molecule has 1 aliphatic heterocycles. The van der Waals surface area contributed by atoms with Crippen molar-refractivity contribution in [3.63, 3.8) is 0 Å². The predicted octanol–water partition coefficient (Wildman–Crippen LogP) is 0.816. The van der Waals surface area contributed by atoms with Crippen LogP contribution in [0.2, 0.25) is 0 Å². The second-order valence-corrected chi connectivity index (χ2v) is 10.3. The molecule has 0 N–H and O–H groups in total. The van der Waals surface area contributed by atoms with Crippen LogP contribution in [0.1, 0.15) is 12.8 Å². The highest BCUT2D eigenvalue weighted by Crippen LogP contribution is 2.22. The summed E-state index contributed by atoms with van der Waals surface area (Å²) in [5, 5.41) is 0. The van der Waals surface area contributed by atoms with Crippen LogP contribution in [-0.2, 0) is 19.9 Å². The summed E-state index contributed by atoms with van der Waals surface area (Å²) in [6, 6.07) is 8.39. The van der Waals surface area contributed by atoms with Gasteiger partial charge in [-0.2, -0.15) is 4.31 Å². The van der Waals surface area contributed by atoms with Crippen LogP contribution >= 0.6 is 0 Å². The third kappa shape index (κ3) is 5.00. The van der Waals surface area contributed by atoms with Crippen LogP contribution in [0.15, 0.2) is 35.2 Å². The molecule has 1 heterocycles. The molecule has 0 spiro atoms. The van der Waals surface area contributed by atoms with Gasteiger partial charge in [-0.3, -0.25) is 0 Å². The molecule has 1 aromatic rings. The maximum absolute atomic E-state index is 12.6. The zero-order valence-corrected chi connectivity index (χ0v) is 15.2. The van der Waals surface area contributed by atoms with Gasteiger partial charge in [0, 0.05) is 25.9 Å². The van der Waals surface area contributed by atoms with Crippen LogP contribution in [0.3, 0.4) is 0 Å². The van der Waals surface area contributed by atoms with Crippen LogP contribution in [-0.4, -0.2) is 70.8 Å². The van der Waals surface area contributed by atoms with Crippen molar-refractivity contribution < 1.29 is 16.8 Å². The van der Waals surface area contributed by atoms with Gasteiger partial charge >= 0.3 is 0 Å². The quantitative estimate of drug-likeness (QED) is 0.751. The molecular weight excluding hydrogens is 336 g/mol. The molecule has 1 aromatic carbocycles. The van der Waals surface area contributed by atoms with Crippen molar-refractivity contribution >= 4 is 19.9 Å². The standard InChI is InChI=1S/C15H24N2O4S2/c1-16(23(20,21)15-6-4-3-5-7-15)14-8-10-17(11-9-14)12-13-22(2,18)19/h3-7,14H,8-13H2,1-2H3. The third-order valence-corrected chi connectivity index (χ3v) is 7.12. The number of hydrogen-bond acceptors (Lipinski definition) is 5. The summed E-state index contributed by atoms with van der Waals surface area (Å²) in [4.78, 5) is 2.39. The molecule has 130 valence electrons. The second kappa shape index (κ2) is 7.29. The minimum Gasteiger partial charge on any atom is -0.302 e. The van der Waals surface area contributed by atoms with Gasteiger partial charge < -0.3 is 4.90 Å². The fraction of sp³-hybridized carbons (Fsp3) is 0.600. The van der Waals surface area contributed by atoms with Crippen LogP contribution in [0.25, 0.3) is 0 Å². The molecule has 0 bridgehead atoms. The van der Waals surface area contributed by atoms with E-state index in [0.717, 1.165) is 13.1 Å². The first-order chi connectivity index (χ1) is 10.7. The van der Waals surface area contributed by atoms with Gasteiger partial charge in [0.1, 0.15) is 9.84 Å². The molecular formula is C15H24N2O4S2. The lowest BCUT2D eigenvalue weighted by Crippen LogP contribution is -2.46. The molecule has 1 aliphatic rings. The fourth-order valence-corrected chi connectivity index (χ4v) is 4.78. The van der Waals surface area contributed by atoms with Gasteiger partial charge in [-0.15, -0.1) is 0 Å². The number of benzene rings is 1. The number of hydrogen-bond donors (Lipinski definition) is 0. The van der Waals surface area contributed by atoms with Crippen molar-refractivity contribution in [2.45, 2.75) is 23.8 Å². The molecule has 1 fully saturated rings. The first kappa shape index (κ1) is 18.4. The van der Waals surface area contributed by atoms with E-state index in [-0.39, 0.29) is 11.8 Å². The van der Waals surface area contributed by atoms with E-state index in [1.165, 1.54) is 10.6 Å². The smallest absolute Gasteiger partial charge is 0.243 e. The Morgan fingerprint density at radius 3 is 2.17 bits per heavy atom. The SMILES string of the molecule is CN(C1CCN(CCS(C)(=O)=O)CC1)S(=O)(=O)c1ccccc1. The Morgan fingerprint density at radius 1 is 1.09 bits per heavy atom. The Balaban J connectivity index is 1.95. The summed E-state index contributed by atoms with van der Waals surface area (Å²) in [5.41, 5.74) is 0. The highest BCUT2D eigenvalue weighted by Gasteiger charge is 2.30. The second-order valence-electron chi connectivity index (χ2n) is 6.04. The van der Waals surface area contributed by atoms with Crippen LogP contribution in [0.4, 0.5) is 0 Å². The molecule has 0 amide bonds. The van der Waals surface area contributed by atoms with E-state index in [2.05, 4.69) is 4.90 Å². The van der Waals surface area contributed by atoms with Crippen molar-refractivity contribution in [1.82, 2.24) is 9.21 Å². The van der Waals surface area contributed by atoms with Gasteiger partial charge in [0.2, 0.25) is 10.0 Å². The van der Waals surface area contributed by atoms with Gasteiger partial charge in [-0.25, -0.2) is 16.8 Å². The number of sulfone groups is 1. The predicted molar refractivity (Wildman–Crippen MR) is 90.6 cm³/mol. The van der Waals surface area contributed by atoms with E-state index >= 15 is 0 Å². The molecule has 6 nitrogen and oxygen atoms in total. The average Bonchev–Trinajstić information content (AvgIpc) is 2.53. The van der Waals surface area contributed by atoms with Crippen LogP contribution < -0.4 is 0 Å². The zero-order valence-electron chi connectivity index (χ0n) is 13.6. The van der Waals surface area contributed by atoms with Gasteiger partial charge in [0.25, 0.3) is 0 Å². The summed E-state index contributed by atoms with van der Waals surface area (Å²) in [6.45, 7) is 1.95. The van der Waals surface area contributed by atoms with E-state index in [4.69, 9.17) is 0 Å².